The second-order valence-corrected chi connectivity index (χ2v) is 3.88. The summed E-state index contributed by atoms with van der Waals surface area (Å²) in [7, 11) is 1.56. The Morgan fingerprint density at radius 1 is 1.38 bits per heavy atom. The molecule has 0 fully saturated rings. The van der Waals surface area contributed by atoms with Crippen LogP contribution in [0.25, 0.3) is 0 Å². The van der Waals surface area contributed by atoms with Gasteiger partial charge in [0, 0.05) is 12.7 Å². The van der Waals surface area contributed by atoms with Gasteiger partial charge < -0.3 is 0 Å². The van der Waals surface area contributed by atoms with E-state index < -0.39 is 5.78 Å². The Labute approximate surface area is 93.4 Å². The fourth-order valence-corrected chi connectivity index (χ4v) is 1.64. The number of ketones is 2. The number of nitrogens with one attached hydrogen (secondary N) is 1. The van der Waals surface area contributed by atoms with Crippen LogP contribution in [0.15, 0.2) is 4.79 Å². The number of hydrogen-bond acceptors (Lipinski definition) is 3. The molecule has 0 saturated heterocycles. The molecule has 0 aliphatic heterocycles. The monoisotopic (exact) mass is 224 g/mol. The molecule has 5 heteroatoms. The van der Waals surface area contributed by atoms with Gasteiger partial charge in [0.15, 0.2) is 5.78 Å². The third kappa shape index (κ3) is 2.48. The lowest BCUT2D eigenvalue weighted by Crippen LogP contribution is -2.20. The van der Waals surface area contributed by atoms with Crippen molar-refractivity contribution < 1.29 is 9.59 Å². The van der Waals surface area contributed by atoms with Crippen LogP contribution in [-0.2, 0) is 18.3 Å². The first-order chi connectivity index (χ1) is 7.47. The van der Waals surface area contributed by atoms with Crippen molar-refractivity contribution in [3.8, 4) is 0 Å². The van der Waals surface area contributed by atoms with Crippen LogP contribution in [0.4, 0.5) is 0 Å². The van der Waals surface area contributed by atoms with Crippen LogP contribution in [0.3, 0.4) is 0 Å². The van der Waals surface area contributed by atoms with Crippen molar-refractivity contribution in [2.45, 2.75) is 33.1 Å². The van der Waals surface area contributed by atoms with Gasteiger partial charge in [-0.15, -0.1) is 0 Å². The number of aromatic nitrogens is 2. The van der Waals surface area contributed by atoms with Crippen LogP contribution < -0.4 is 5.56 Å². The van der Waals surface area contributed by atoms with Gasteiger partial charge in [-0.25, -0.2) is 0 Å². The SMILES string of the molecule is CCCc1[nH]n(C)c(=O)c1C(=O)CC(C)=O. The van der Waals surface area contributed by atoms with Crippen molar-refractivity contribution in [3.05, 3.63) is 21.6 Å². The van der Waals surface area contributed by atoms with Gasteiger partial charge in [0.2, 0.25) is 0 Å². The van der Waals surface area contributed by atoms with Gasteiger partial charge in [0.25, 0.3) is 5.56 Å². The topological polar surface area (TPSA) is 71.9 Å². The van der Waals surface area contributed by atoms with Crippen molar-refractivity contribution in [2.75, 3.05) is 0 Å². The van der Waals surface area contributed by atoms with Gasteiger partial charge in [-0.3, -0.25) is 24.2 Å². The fraction of sp³-hybridized carbons (Fsp3) is 0.545. The molecular weight excluding hydrogens is 208 g/mol. The lowest BCUT2D eigenvalue weighted by atomic mass is 10.0. The molecular formula is C11H16N2O3. The molecule has 0 saturated carbocycles. The Morgan fingerprint density at radius 3 is 2.50 bits per heavy atom. The molecule has 16 heavy (non-hydrogen) atoms. The third-order valence-corrected chi connectivity index (χ3v) is 2.31. The van der Waals surface area contributed by atoms with Crippen LogP contribution in [0.2, 0.25) is 0 Å². The average molecular weight is 224 g/mol. The summed E-state index contributed by atoms with van der Waals surface area (Å²) in [4.78, 5) is 34.3. The number of carbonyl (C=O) groups is 2. The van der Waals surface area contributed by atoms with E-state index in [0.29, 0.717) is 12.1 Å². The second-order valence-electron chi connectivity index (χ2n) is 3.88. The molecule has 1 N–H and O–H groups in total. The zero-order chi connectivity index (χ0) is 12.3. The molecule has 0 radical (unpaired) electrons. The Morgan fingerprint density at radius 2 is 2.00 bits per heavy atom. The minimum absolute atomic E-state index is 0.138. The van der Waals surface area contributed by atoms with Crippen molar-refractivity contribution in [2.24, 2.45) is 7.05 Å². The Balaban J connectivity index is 3.14. The Bertz CT molecular complexity index is 468. The summed E-state index contributed by atoms with van der Waals surface area (Å²) in [5.41, 5.74) is 0.413. The molecule has 0 spiro atoms. The van der Waals surface area contributed by atoms with E-state index in [0.717, 1.165) is 6.42 Å². The molecule has 1 rings (SSSR count). The van der Waals surface area contributed by atoms with Gasteiger partial charge >= 0.3 is 0 Å². The minimum Gasteiger partial charge on any atom is -0.300 e. The van der Waals surface area contributed by atoms with E-state index in [9.17, 15) is 14.4 Å². The van der Waals surface area contributed by atoms with Gasteiger partial charge in [0.05, 0.1) is 6.42 Å². The molecule has 0 unspecified atom stereocenters. The van der Waals surface area contributed by atoms with Gasteiger partial charge in [-0.1, -0.05) is 13.3 Å². The van der Waals surface area contributed by atoms with E-state index in [2.05, 4.69) is 5.10 Å². The van der Waals surface area contributed by atoms with Gasteiger partial charge in [-0.2, -0.15) is 0 Å². The largest absolute Gasteiger partial charge is 0.300 e. The number of Topliss-reactive ketones (excluding diaryl/α,β-unsaturated/α-hetero) is 2. The summed E-state index contributed by atoms with van der Waals surface area (Å²) in [6.07, 6.45) is 1.26. The Kier molecular flexibility index (Phi) is 3.82. The number of nitrogens with zero attached hydrogens (tertiary/aromatic N) is 1. The third-order valence-electron chi connectivity index (χ3n) is 2.31. The quantitative estimate of drug-likeness (QED) is 0.594. The number of rotatable bonds is 5. The zero-order valence-electron chi connectivity index (χ0n) is 9.79. The van der Waals surface area contributed by atoms with Crippen molar-refractivity contribution in [3.63, 3.8) is 0 Å². The highest BCUT2D eigenvalue weighted by molar-refractivity contribution is 6.07. The smallest absolute Gasteiger partial charge is 0.277 e. The Hall–Kier alpha value is -1.65. The second kappa shape index (κ2) is 4.92. The molecule has 1 aromatic rings. The maximum atomic E-state index is 11.7. The molecule has 0 aliphatic carbocycles. The molecule has 1 heterocycles. The predicted molar refractivity (Wildman–Crippen MR) is 59.7 cm³/mol. The first-order valence-electron chi connectivity index (χ1n) is 5.27. The summed E-state index contributed by atoms with van der Waals surface area (Å²) in [6.45, 7) is 3.30. The van der Waals surface area contributed by atoms with Crippen LogP contribution >= 0.6 is 0 Å². The normalized spacial score (nSPS) is 10.4. The van der Waals surface area contributed by atoms with Gasteiger partial charge in [-0.05, 0) is 13.3 Å². The number of aromatic amines is 1. The van der Waals surface area contributed by atoms with E-state index in [-0.39, 0.29) is 23.3 Å². The molecule has 1 aromatic heterocycles. The molecule has 5 nitrogen and oxygen atoms in total. The van der Waals surface area contributed by atoms with Crippen LogP contribution in [-0.4, -0.2) is 21.3 Å². The number of carbonyl (C=O) groups excluding carboxylic acids is 2. The highest BCUT2D eigenvalue weighted by Crippen LogP contribution is 2.07. The average Bonchev–Trinajstić information content (AvgIpc) is 2.42. The van der Waals surface area contributed by atoms with E-state index in [4.69, 9.17) is 0 Å². The molecule has 0 aromatic carbocycles. The standard InChI is InChI=1S/C11H16N2O3/c1-4-5-8-10(9(15)6-7(2)14)11(16)13(3)12-8/h12H,4-6H2,1-3H3. The molecule has 88 valence electrons. The van der Waals surface area contributed by atoms with E-state index in [1.54, 1.807) is 7.05 Å². The van der Waals surface area contributed by atoms with E-state index >= 15 is 0 Å². The molecule has 0 atom stereocenters. The summed E-state index contributed by atoms with van der Waals surface area (Å²) < 4.78 is 1.28. The van der Waals surface area contributed by atoms with Crippen molar-refractivity contribution >= 4 is 11.6 Å². The summed E-state index contributed by atoms with van der Waals surface area (Å²) in [5.74, 6) is -0.617. The molecule has 0 bridgehead atoms. The molecule has 0 amide bonds. The highest BCUT2D eigenvalue weighted by atomic mass is 16.2. The highest BCUT2D eigenvalue weighted by Gasteiger charge is 2.20. The van der Waals surface area contributed by atoms with Crippen molar-refractivity contribution in [1.82, 2.24) is 9.78 Å². The van der Waals surface area contributed by atoms with Crippen LogP contribution in [0, 0.1) is 0 Å². The molecule has 0 aliphatic rings. The van der Waals surface area contributed by atoms with Crippen LogP contribution in [0.1, 0.15) is 42.7 Å². The summed E-state index contributed by atoms with van der Waals surface area (Å²) >= 11 is 0. The van der Waals surface area contributed by atoms with E-state index in [1.165, 1.54) is 11.6 Å². The maximum absolute atomic E-state index is 11.7. The predicted octanol–water partition coefficient (Wildman–Crippen LogP) is 0.828. The van der Waals surface area contributed by atoms with Gasteiger partial charge in [0.1, 0.15) is 11.3 Å². The van der Waals surface area contributed by atoms with Crippen LogP contribution in [0.5, 0.6) is 0 Å². The summed E-state index contributed by atoms with van der Waals surface area (Å²) in [5, 5.41) is 2.84. The number of H-pyrrole nitrogens is 1. The zero-order valence-corrected chi connectivity index (χ0v) is 9.79. The number of hydrogen-bond donors (Lipinski definition) is 1. The first kappa shape index (κ1) is 12.4. The minimum atomic E-state index is -0.391. The number of aryl methyl sites for hydroxylation is 2. The fourth-order valence-electron chi connectivity index (χ4n) is 1.64. The lowest BCUT2D eigenvalue weighted by Gasteiger charge is -1.98. The van der Waals surface area contributed by atoms with Crippen molar-refractivity contribution in [1.29, 1.82) is 0 Å². The first-order valence-corrected chi connectivity index (χ1v) is 5.27. The lowest BCUT2D eigenvalue weighted by molar-refractivity contribution is -0.116. The van der Waals surface area contributed by atoms with E-state index in [1.807, 2.05) is 6.92 Å². The summed E-state index contributed by atoms with van der Waals surface area (Å²) in [6, 6.07) is 0. The maximum Gasteiger partial charge on any atom is 0.277 e.